The Kier molecular flexibility index (Phi) is 3.76. The summed E-state index contributed by atoms with van der Waals surface area (Å²) in [6.45, 7) is 0. The summed E-state index contributed by atoms with van der Waals surface area (Å²) in [5, 5.41) is 4.18. The molecule has 1 aliphatic heterocycles. The van der Waals surface area contributed by atoms with Crippen LogP contribution in [0.15, 0.2) is 22.7 Å². The zero-order valence-electron chi connectivity index (χ0n) is 10.3. The molecule has 7 heteroatoms. The molecule has 104 valence electrons. The van der Waals surface area contributed by atoms with Gasteiger partial charge in [-0.1, -0.05) is 22.8 Å². The molecule has 0 spiro atoms. The predicted octanol–water partition coefficient (Wildman–Crippen LogP) is 2.85. The second-order valence-corrected chi connectivity index (χ2v) is 5.93. The van der Waals surface area contributed by atoms with E-state index in [0.717, 1.165) is 0 Å². The van der Waals surface area contributed by atoms with E-state index in [9.17, 15) is 9.18 Å². The van der Waals surface area contributed by atoms with Crippen LogP contribution in [0.3, 0.4) is 0 Å². The first-order valence-corrected chi connectivity index (χ1v) is 7.53. The number of ketones is 1. The Morgan fingerprint density at radius 1 is 1.50 bits per heavy atom. The van der Waals surface area contributed by atoms with Gasteiger partial charge in [-0.25, -0.2) is 4.39 Å². The van der Waals surface area contributed by atoms with Gasteiger partial charge in [0.25, 0.3) is 0 Å². The topological polar surface area (TPSA) is 56.0 Å². The molecule has 1 unspecified atom stereocenters. The number of aromatic nitrogens is 2. The number of carbonyl (C=O) groups is 1. The van der Waals surface area contributed by atoms with Gasteiger partial charge in [-0.2, -0.15) is 16.7 Å². The highest BCUT2D eigenvalue weighted by atomic mass is 35.5. The number of hydrogen-bond acceptors (Lipinski definition) is 5. The van der Waals surface area contributed by atoms with Crippen molar-refractivity contribution in [2.24, 2.45) is 0 Å². The second-order valence-electron chi connectivity index (χ2n) is 4.50. The maximum atomic E-state index is 13.0. The van der Waals surface area contributed by atoms with E-state index in [1.54, 1.807) is 17.8 Å². The lowest BCUT2D eigenvalue weighted by atomic mass is 10.1. The fourth-order valence-electron chi connectivity index (χ4n) is 2.00. The largest absolute Gasteiger partial charge is 0.339 e. The van der Waals surface area contributed by atoms with Gasteiger partial charge in [-0.05, 0) is 17.7 Å². The van der Waals surface area contributed by atoms with Gasteiger partial charge >= 0.3 is 0 Å². The van der Waals surface area contributed by atoms with Crippen molar-refractivity contribution in [3.8, 4) is 0 Å². The first kappa shape index (κ1) is 13.6. The van der Waals surface area contributed by atoms with Crippen molar-refractivity contribution >= 4 is 29.1 Å². The summed E-state index contributed by atoms with van der Waals surface area (Å²) >= 11 is 7.52. The number of benzene rings is 1. The Hall–Kier alpha value is -1.40. The number of rotatable bonds is 3. The van der Waals surface area contributed by atoms with Gasteiger partial charge in [-0.15, -0.1) is 0 Å². The number of Topliss-reactive ketones (excluding diaryl/α,β-unsaturated/α-hetero) is 1. The fourth-order valence-corrected chi connectivity index (χ4v) is 3.31. The molecule has 20 heavy (non-hydrogen) atoms. The van der Waals surface area contributed by atoms with Gasteiger partial charge in [-0.3, -0.25) is 4.79 Å². The van der Waals surface area contributed by atoms with Crippen molar-refractivity contribution in [1.82, 2.24) is 10.1 Å². The average Bonchev–Trinajstić information content (AvgIpc) is 3.01. The minimum atomic E-state index is -0.388. The first-order chi connectivity index (χ1) is 9.63. The van der Waals surface area contributed by atoms with Crippen molar-refractivity contribution in [3.05, 3.63) is 46.3 Å². The Bertz CT molecular complexity index is 662. The van der Waals surface area contributed by atoms with E-state index in [0.29, 0.717) is 40.2 Å². The van der Waals surface area contributed by atoms with E-state index in [1.165, 1.54) is 12.1 Å². The molecule has 1 aromatic carbocycles. The minimum absolute atomic E-state index is 0.116. The number of hydrogen-bond donors (Lipinski definition) is 0. The molecule has 0 N–H and O–H groups in total. The van der Waals surface area contributed by atoms with Crippen molar-refractivity contribution in [2.75, 3.05) is 11.5 Å². The highest BCUT2D eigenvalue weighted by Crippen LogP contribution is 2.29. The van der Waals surface area contributed by atoms with Crippen LogP contribution in [-0.4, -0.2) is 27.4 Å². The summed E-state index contributed by atoms with van der Waals surface area (Å²) < 4.78 is 18.1. The molecular weight excluding hydrogens is 303 g/mol. The predicted molar refractivity (Wildman–Crippen MR) is 73.6 cm³/mol. The monoisotopic (exact) mass is 312 g/mol. The lowest BCUT2D eigenvalue weighted by Gasteiger charge is -2.00. The third-order valence-electron chi connectivity index (χ3n) is 3.06. The minimum Gasteiger partial charge on any atom is -0.339 e. The number of halogens is 2. The van der Waals surface area contributed by atoms with Gasteiger partial charge in [0.2, 0.25) is 5.89 Å². The molecule has 0 radical (unpaired) electrons. The van der Waals surface area contributed by atoms with Gasteiger partial charge in [0, 0.05) is 17.2 Å². The molecule has 2 heterocycles. The highest BCUT2D eigenvalue weighted by molar-refractivity contribution is 8.00. The lowest BCUT2D eigenvalue weighted by molar-refractivity contribution is -0.117. The van der Waals surface area contributed by atoms with Crippen LogP contribution in [0.5, 0.6) is 0 Å². The Morgan fingerprint density at radius 2 is 2.35 bits per heavy atom. The fraction of sp³-hybridized carbons (Fsp3) is 0.308. The molecule has 1 aromatic heterocycles. The van der Waals surface area contributed by atoms with Crippen LogP contribution in [0.1, 0.15) is 23.2 Å². The van der Waals surface area contributed by atoms with Gasteiger partial charge in [0.05, 0.1) is 5.75 Å². The van der Waals surface area contributed by atoms with E-state index in [1.807, 2.05) is 0 Å². The lowest BCUT2D eigenvalue weighted by Crippen LogP contribution is -2.09. The van der Waals surface area contributed by atoms with Crippen molar-refractivity contribution < 1.29 is 13.7 Å². The summed E-state index contributed by atoms with van der Waals surface area (Å²) in [5.74, 6) is 1.40. The molecule has 2 aromatic rings. The molecule has 0 bridgehead atoms. The Balaban J connectivity index is 1.78. The number of carbonyl (C=O) groups excluding carboxylic acids is 1. The van der Waals surface area contributed by atoms with E-state index in [2.05, 4.69) is 10.1 Å². The molecular formula is C13H10ClFN2O2S. The van der Waals surface area contributed by atoms with Crippen LogP contribution in [0.4, 0.5) is 4.39 Å². The average molecular weight is 313 g/mol. The summed E-state index contributed by atoms with van der Waals surface area (Å²) in [5.41, 5.74) is 0.715. The molecule has 3 rings (SSSR count). The molecule has 0 saturated carbocycles. The zero-order chi connectivity index (χ0) is 14.1. The molecule has 1 saturated heterocycles. The van der Waals surface area contributed by atoms with Crippen molar-refractivity contribution in [1.29, 1.82) is 0 Å². The van der Waals surface area contributed by atoms with E-state index in [4.69, 9.17) is 16.1 Å². The SMILES string of the molecule is O=C1CSCC1c1nc(Cc2ccc(F)cc2Cl)no1. The summed E-state index contributed by atoms with van der Waals surface area (Å²) in [6, 6.07) is 4.17. The summed E-state index contributed by atoms with van der Waals surface area (Å²) in [6.07, 6.45) is 0.344. The molecule has 1 fully saturated rings. The van der Waals surface area contributed by atoms with Gasteiger partial charge in [0.1, 0.15) is 11.7 Å². The van der Waals surface area contributed by atoms with Crippen LogP contribution in [0, 0.1) is 5.82 Å². The third kappa shape index (κ3) is 2.71. The highest BCUT2D eigenvalue weighted by Gasteiger charge is 2.31. The van der Waals surface area contributed by atoms with Gasteiger partial charge in [0.15, 0.2) is 11.6 Å². The van der Waals surface area contributed by atoms with Gasteiger partial charge < -0.3 is 4.52 Å². The molecule has 0 aliphatic carbocycles. The van der Waals surface area contributed by atoms with E-state index < -0.39 is 0 Å². The first-order valence-electron chi connectivity index (χ1n) is 6.00. The van der Waals surface area contributed by atoms with Crippen LogP contribution >= 0.6 is 23.4 Å². The Labute approximate surface area is 123 Å². The number of thioether (sulfide) groups is 1. The van der Waals surface area contributed by atoms with Crippen LogP contribution in [0.25, 0.3) is 0 Å². The molecule has 1 aliphatic rings. The van der Waals surface area contributed by atoms with E-state index in [-0.39, 0.29) is 17.5 Å². The quantitative estimate of drug-likeness (QED) is 0.872. The molecule has 1 atom stereocenters. The zero-order valence-corrected chi connectivity index (χ0v) is 11.9. The second kappa shape index (κ2) is 5.54. The normalized spacial score (nSPS) is 18.7. The van der Waals surface area contributed by atoms with Crippen LogP contribution < -0.4 is 0 Å². The maximum absolute atomic E-state index is 13.0. The Morgan fingerprint density at radius 3 is 3.05 bits per heavy atom. The maximum Gasteiger partial charge on any atom is 0.238 e. The molecule has 4 nitrogen and oxygen atoms in total. The standard InChI is InChI=1S/C13H10ClFN2O2S/c14-10-4-8(15)2-1-7(10)3-12-16-13(19-17-12)9-5-20-6-11(9)18/h1-2,4,9H,3,5-6H2. The van der Waals surface area contributed by atoms with Crippen molar-refractivity contribution in [2.45, 2.75) is 12.3 Å². The third-order valence-corrected chi connectivity index (χ3v) is 4.47. The number of nitrogens with zero attached hydrogens (tertiary/aromatic N) is 2. The summed E-state index contributed by atoms with van der Waals surface area (Å²) in [4.78, 5) is 15.9. The molecule has 0 amide bonds. The van der Waals surface area contributed by atoms with Crippen LogP contribution in [0.2, 0.25) is 5.02 Å². The summed E-state index contributed by atoms with van der Waals surface area (Å²) in [7, 11) is 0. The smallest absolute Gasteiger partial charge is 0.238 e. The van der Waals surface area contributed by atoms with E-state index >= 15 is 0 Å². The van der Waals surface area contributed by atoms with Crippen molar-refractivity contribution in [3.63, 3.8) is 0 Å². The van der Waals surface area contributed by atoms with Crippen LogP contribution in [-0.2, 0) is 11.2 Å².